The number of aromatic nitrogens is 1. The SMILES string of the molecule is COc1ccc(CN(C[C@H](O)[C@H](Cc2ccccc2)N(C(=O)OCc2ccccn2)C(=O)[C@@H](N)C(C)C)NC(=O)OC(C)(C)C)cc1. The first-order valence-corrected chi connectivity index (χ1v) is 15.5. The number of hydrogen-bond donors (Lipinski definition) is 3. The molecule has 12 heteroatoms. The summed E-state index contributed by atoms with van der Waals surface area (Å²) < 4.78 is 16.3. The van der Waals surface area contributed by atoms with E-state index in [2.05, 4.69) is 10.4 Å². The predicted octanol–water partition coefficient (Wildman–Crippen LogP) is 4.45. The number of rotatable bonds is 14. The van der Waals surface area contributed by atoms with Gasteiger partial charge in [0.05, 0.1) is 31.0 Å². The maximum absolute atomic E-state index is 13.9. The van der Waals surface area contributed by atoms with Crippen LogP contribution in [0.3, 0.4) is 0 Å². The van der Waals surface area contributed by atoms with E-state index in [0.717, 1.165) is 16.0 Å². The molecule has 0 bridgehead atoms. The molecule has 0 unspecified atom stereocenters. The number of nitrogens with two attached hydrogens (primary N) is 1. The zero-order valence-electron chi connectivity index (χ0n) is 28.0. The molecule has 1 heterocycles. The Morgan fingerprint density at radius 3 is 2.19 bits per heavy atom. The average Bonchev–Trinajstić information content (AvgIpc) is 3.03. The third kappa shape index (κ3) is 12.0. The number of pyridine rings is 1. The molecule has 254 valence electrons. The van der Waals surface area contributed by atoms with Crippen molar-refractivity contribution in [3.8, 4) is 5.75 Å². The lowest BCUT2D eigenvalue weighted by Crippen LogP contribution is -2.59. The summed E-state index contributed by atoms with van der Waals surface area (Å²) in [6.45, 7) is 8.51. The summed E-state index contributed by atoms with van der Waals surface area (Å²) in [5, 5.41) is 13.4. The number of nitrogens with zero attached hydrogens (tertiary/aromatic N) is 3. The van der Waals surface area contributed by atoms with Crippen molar-refractivity contribution in [3.05, 3.63) is 95.8 Å². The van der Waals surface area contributed by atoms with Crippen LogP contribution in [0.25, 0.3) is 0 Å². The van der Waals surface area contributed by atoms with Crippen molar-refractivity contribution in [1.82, 2.24) is 20.3 Å². The van der Waals surface area contributed by atoms with Crippen LogP contribution in [0.2, 0.25) is 0 Å². The average molecular weight is 650 g/mol. The smallest absolute Gasteiger partial charge is 0.422 e. The van der Waals surface area contributed by atoms with Crippen LogP contribution in [0.15, 0.2) is 79.0 Å². The Hall–Kier alpha value is -4.52. The maximum Gasteiger partial charge on any atom is 0.422 e. The highest BCUT2D eigenvalue weighted by molar-refractivity contribution is 5.95. The Morgan fingerprint density at radius 1 is 0.957 bits per heavy atom. The predicted molar refractivity (Wildman–Crippen MR) is 177 cm³/mol. The van der Waals surface area contributed by atoms with Crippen LogP contribution in [0, 0.1) is 5.92 Å². The Bertz CT molecular complexity index is 1420. The lowest BCUT2D eigenvalue weighted by molar-refractivity contribution is -0.137. The van der Waals surface area contributed by atoms with E-state index in [1.54, 1.807) is 78.3 Å². The molecule has 4 N–H and O–H groups in total. The first-order chi connectivity index (χ1) is 22.3. The summed E-state index contributed by atoms with van der Waals surface area (Å²) in [7, 11) is 1.56. The van der Waals surface area contributed by atoms with Gasteiger partial charge in [-0.2, -0.15) is 0 Å². The van der Waals surface area contributed by atoms with Gasteiger partial charge in [-0.1, -0.05) is 62.4 Å². The second-order valence-electron chi connectivity index (χ2n) is 12.5. The minimum atomic E-state index is -1.38. The molecule has 1 aromatic heterocycles. The van der Waals surface area contributed by atoms with Gasteiger partial charge < -0.3 is 25.1 Å². The highest BCUT2D eigenvalue weighted by Crippen LogP contribution is 2.20. The number of hydrogen-bond acceptors (Lipinski definition) is 10. The number of aliphatic hydroxyl groups excluding tert-OH is 1. The van der Waals surface area contributed by atoms with Gasteiger partial charge in [-0.3, -0.25) is 15.2 Å². The fourth-order valence-electron chi connectivity index (χ4n) is 4.66. The molecule has 2 aromatic carbocycles. The van der Waals surface area contributed by atoms with E-state index in [4.69, 9.17) is 19.9 Å². The summed E-state index contributed by atoms with van der Waals surface area (Å²) in [4.78, 5) is 45.7. The van der Waals surface area contributed by atoms with E-state index in [1.165, 1.54) is 5.01 Å². The Balaban J connectivity index is 1.99. The van der Waals surface area contributed by atoms with Gasteiger partial charge in [-0.05, 0) is 68.5 Å². The number of amides is 3. The molecule has 0 saturated heterocycles. The fourth-order valence-corrected chi connectivity index (χ4v) is 4.66. The van der Waals surface area contributed by atoms with Crippen LogP contribution in [0.5, 0.6) is 5.75 Å². The Kier molecular flexibility index (Phi) is 13.7. The van der Waals surface area contributed by atoms with Gasteiger partial charge in [0.25, 0.3) is 0 Å². The number of nitrogens with one attached hydrogen (secondary N) is 1. The van der Waals surface area contributed by atoms with Crippen LogP contribution in [-0.4, -0.2) is 75.5 Å². The summed E-state index contributed by atoms with van der Waals surface area (Å²) >= 11 is 0. The van der Waals surface area contributed by atoms with Gasteiger partial charge in [0.15, 0.2) is 0 Å². The van der Waals surface area contributed by atoms with E-state index in [9.17, 15) is 19.5 Å². The first kappa shape index (κ1) is 36.9. The third-order valence-electron chi connectivity index (χ3n) is 7.16. The number of methoxy groups -OCH3 is 1. The molecule has 0 aliphatic carbocycles. The second kappa shape index (κ2) is 17.4. The number of imide groups is 1. The third-order valence-corrected chi connectivity index (χ3v) is 7.16. The number of carbonyl (C=O) groups is 3. The molecule has 12 nitrogen and oxygen atoms in total. The van der Waals surface area contributed by atoms with Gasteiger partial charge >= 0.3 is 12.2 Å². The van der Waals surface area contributed by atoms with Crippen molar-refractivity contribution in [2.75, 3.05) is 13.7 Å². The number of hydrazine groups is 1. The van der Waals surface area contributed by atoms with E-state index < -0.39 is 41.9 Å². The molecule has 3 aromatic rings. The minimum absolute atomic E-state index is 0.0834. The second-order valence-corrected chi connectivity index (χ2v) is 12.5. The monoisotopic (exact) mass is 649 g/mol. The molecule has 0 aliphatic heterocycles. The van der Waals surface area contributed by atoms with E-state index >= 15 is 0 Å². The zero-order chi connectivity index (χ0) is 34.6. The molecule has 0 fully saturated rings. The summed E-state index contributed by atoms with van der Waals surface area (Å²) in [6.07, 6.45) is -1.44. The zero-order valence-corrected chi connectivity index (χ0v) is 28.0. The van der Waals surface area contributed by atoms with Gasteiger partial charge in [0.2, 0.25) is 5.91 Å². The molecule has 0 radical (unpaired) electrons. The standard InChI is InChI=1S/C35H47N5O7/c1-24(2)31(36)32(42)40(34(44)46-23-27-14-10-11-19-37-27)29(20-25-12-8-7-9-13-25)30(41)22-39(38-33(43)47-35(3,4)5)21-26-15-17-28(45-6)18-16-26/h7-19,24,29-31,41H,20-23,36H2,1-6H3,(H,38,43)/t29-,30-,31-/m0/s1. The fraction of sp³-hybridized carbons (Fsp3) is 0.429. The molecule has 47 heavy (non-hydrogen) atoms. The summed E-state index contributed by atoms with van der Waals surface area (Å²) in [6, 6.07) is 19.3. The molecule has 0 aliphatic rings. The molecular formula is C35H47N5O7. The van der Waals surface area contributed by atoms with E-state index in [1.807, 2.05) is 42.5 Å². The van der Waals surface area contributed by atoms with Gasteiger partial charge in [-0.15, -0.1) is 0 Å². The molecular weight excluding hydrogens is 602 g/mol. The molecule has 3 atom stereocenters. The van der Waals surface area contributed by atoms with Crippen molar-refractivity contribution >= 4 is 18.1 Å². The number of aliphatic hydroxyl groups is 1. The number of benzene rings is 2. The summed E-state index contributed by atoms with van der Waals surface area (Å²) in [5.74, 6) is -0.362. The quantitative estimate of drug-likeness (QED) is 0.213. The van der Waals surface area contributed by atoms with Crippen molar-refractivity contribution < 1.29 is 33.7 Å². The topological polar surface area (TPSA) is 157 Å². The first-order valence-electron chi connectivity index (χ1n) is 15.5. The Labute approximate surface area is 276 Å². The van der Waals surface area contributed by atoms with Crippen molar-refractivity contribution in [1.29, 1.82) is 0 Å². The molecule has 0 saturated carbocycles. The normalized spacial score (nSPS) is 13.4. The minimum Gasteiger partial charge on any atom is -0.497 e. The van der Waals surface area contributed by atoms with Crippen molar-refractivity contribution in [2.45, 2.75) is 78.0 Å². The highest BCUT2D eigenvalue weighted by Gasteiger charge is 2.40. The largest absolute Gasteiger partial charge is 0.497 e. The molecule has 3 amide bonds. The van der Waals surface area contributed by atoms with Gasteiger partial charge in [0, 0.05) is 19.3 Å². The van der Waals surface area contributed by atoms with Crippen LogP contribution >= 0.6 is 0 Å². The van der Waals surface area contributed by atoms with Gasteiger partial charge in [0.1, 0.15) is 18.0 Å². The number of ether oxygens (including phenoxy) is 3. The van der Waals surface area contributed by atoms with Crippen LogP contribution < -0.4 is 15.9 Å². The van der Waals surface area contributed by atoms with E-state index in [0.29, 0.717) is 11.4 Å². The van der Waals surface area contributed by atoms with Crippen LogP contribution in [0.4, 0.5) is 9.59 Å². The highest BCUT2D eigenvalue weighted by atomic mass is 16.6. The maximum atomic E-state index is 13.9. The van der Waals surface area contributed by atoms with Crippen LogP contribution in [0.1, 0.15) is 51.4 Å². The number of carbonyl (C=O) groups excluding carboxylic acids is 3. The van der Waals surface area contributed by atoms with Crippen molar-refractivity contribution in [3.63, 3.8) is 0 Å². The van der Waals surface area contributed by atoms with E-state index in [-0.39, 0.29) is 32.0 Å². The lowest BCUT2D eigenvalue weighted by atomic mass is 9.97. The van der Waals surface area contributed by atoms with Gasteiger partial charge in [-0.25, -0.2) is 19.5 Å². The lowest BCUT2D eigenvalue weighted by Gasteiger charge is -2.37. The Morgan fingerprint density at radius 2 is 1.62 bits per heavy atom. The summed E-state index contributed by atoms with van der Waals surface area (Å²) in [5.41, 5.74) is 10.3. The molecule has 3 rings (SSSR count). The van der Waals surface area contributed by atoms with Crippen molar-refractivity contribution in [2.24, 2.45) is 11.7 Å². The van der Waals surface area contributed by atoms with Crippen LogP contribution in [-0.2, 0) is 33.8 Å². The molecule has 0 spiro atoms.